The average Bonchev–Trinajstić information content (AvgIpc) is 3.26. The molecular weight excluding hydrogens is 334 g/mol. The van der Waals surface area contributed by atoms with Crippen LogP contribution in [-0.2, 0) is 14.4 Å². The number of hydrogen-bond donors (Lipinski definition) is 1. The van der Waals surface area contributed by atoms with Gasteiger partial charge >= 0.3 is 0 Å². The molecule has 0 radical (unpaired) electrons. The van der Waals surface area contributed by atoms with Gasteiger partial charge in [0.1, 0.15) is 6.54 Å². The molecule has 8 heteroatoms. The SMILES string of the molecule is O=C(CN1C(=O)[C@@H]2CC=CC[C@H]2C1=O)Nc1cccnc1-n1cccn1. The van der Waals surface area contributed by atoms with Gasteiger partial charge in [0.05, 0.1) is 17.5 Å². The molecule has 0 spiro atoms. The largest absolute Gasteiger partial charge is 0.321 e. The average molecular weight is 351 g/mol. The number of hydrogen-bond acceptors (Lipinski definition) is 5. The van der Waals surface area contributed by atoms with Crippen molar-refractivity contribution in [2.45, 2.75) is 12.8 Å². The van der Waals surface area contributed by atoms with Gasteiger partial charge in [-0.25, -0.2) is 9.67 Å². The zero-order valence-corrected chi connectivity index (χ0v) is 13.9. The molecule has 2 aromatic heterocycles. The molecule has 3 heterocycles. The van der Waals surface area contributed by atoms with Crippen LogP contribution in [0.4, 0.5) is 5.69 Å². The fourth-order valence-electron chi connectivity index (χ4n) is 3.43. The molecule has 1 N–H and O–H groups in total. The predicted molar refractivity (Wildman–Crippen MR) is 92.1 cm³/mol. The van der Waals surface area contributed by atoms with Crippen molar-refractivity contribution in [3.8, 4) is 5.82 Å². The molecule has 0 saturated carbocycles. The van der Waals surface area contributed by atoms with Gasteiger partial charge < -0.3 is 5.32 Å². The van der Waals surface area contributed by atoms with Crippen molar-refractivity contribution < 1.29 is 14.4 Å². The van der Waals surface area contributed by atoms with Crippen molar-refractivity contribution in [3.63, 3.8) is 0 Å². The number of carbonyl (C=O) groups is 3. The van der Waals surface area contributed by atoms with Crippen LogP contribution in [0, 0.1) is 11.8 Å². The Morgan fingerprint density at radius 2 is 1.85 bits per heavy atom. The van der Waals surface area contributed by atoms with E-state index in [-0.39, 0.29) is 30.2 Å². The number of imide groups is 1. The van der Waals surface area contributed by atoms with E-state index in [9.17, 15) is 14.4 Å². The second-order valence-electron chi connectivity index (χ2n) is 6.29. The predicted octanol–water partition coefficient (Wildman–Crippen LogP) is 1.16. The number of fused-ring (bicyclic) bond motifs is 1. The maximum atomic E-state index is 12.5. The summed E-state index contributed by atoms with van der Waals surface area (Å²) in [4.78, 5) is 42.7. The molecular formula is C18H17N5O3. The molecule has 1 aliphatic carbocycles. The van der Waals surface area contributed by atoms with Crippen molar-refractivity contribution in [3.05, 3.63) is 48.9 Å². The number of carbonyl (C=O) groups excluding carboxylic acids is 3. The van der Waals surface area contributed by atoms with Crippen LogP contribution in [0.1, 0.15) is 12.8 Å². The van der Waals surface area contributed by atoms with Crippen LogP contribution in [0.15, 0.2) is 48.9 Å². The van der Waals surface area contributed by atoms with E-state index >= 15 is 0 Å². The number of amides is 3. The van der Waals surface area contributed by atoms with E-state index in [1.165, 1.54) is 4.68 Å². The number of aromatic nitrogens is 3. The second kappa shape index (κ2) is 6.55. The third-order valence-electron chi connectivity index (χ3n) is 4.68. The van der Waals surface area contributed by atoms with E-state index < -0.39 is 5.91 Å². The highest BCUT2D eigenvalue weighted by Crippen LogP contribution is 2.34. The van der Waals surface area contributed by atoms with Gasteiger partial charge in [-0.2, -0.15) is 5.10 Å². The van der Waals surface area contributed by atoms with Crippen molar-refractivity contribution in [1.82, 2.24) is 19.7 Å². The molecule has 1 saturated heterocycles. The lowest BCUT2D eigenvalue weighted by Gasteiger charge is -2.15. The number of nitrogens with one attached hydrogen (secondary N) is 1. The Kier molecular flexibility index (Phi) is 4.08. The van der Waals surface area contributed by atoms with Gasteiger partial charge in [0.15, 0.2) is 5.82 Å². The Morgan fingerprint density at radius 1 is 1.12 bits per heavy atom. The van der Waals surface area contributed by atoms with Gasteiger partial charge in [-0.05, 0) is 31.0 Å². The monoisotopic (exact) mass is 351 g/mol. The molecule has 2 atom stereocenters. The van der Waals surface area contributed by atoms with Gasteiger partial charge in [0.2, 0.25) is 17.7 Å². The molecule has 1 aliphatic heterocycles. The maximum absolute atomic E-state index is 12.5. The summed E-state index contributed by atoms with van der Waals surface area (Å²) >= 11 is 0. The summed E-state index contributed by atoms with van der Waals surface area (Å²) in [7, 11) is 0. The van der Waals surface area contributed by atoms with Crippen LogP contribution >= 0.6 is 0 Å². The third kappa shape index (κ3) is 2.79. The number of anilines is 1. The van der Waals surface area contributed by atoms with Crippen LogP contribution in [-0.4, -0.2) is 43.9 Å². The van der Waals surface area contributed by atoms with Crippen LogP contribution in [0.2, 0.25) is 0 Å². The zero-order valence-electron chi connectivity index (χ0n) is 13.9. The second-order valence-corrected chi connectivity index (χ2v) is 6.29. The summed E-state index contributed by atoms with van der Waals surface area (Å²) in [5.41, 5.74) is 0.458. The molecule has 3 amide bonds. The summed E-state index contributed by atoms with van der Waals surface area (Å²) in [5.74, 6) is -1.19. The lowest BCUT2D eigenvalue weighted by atomic mass is 9.85. The Hall–Kier alpha value is -3.29. The first-order valence-electron chi connectivity index (χ1n) is 8.40. The summed E-state index contributed by atoms with van der Waals surface area (Å²) in [6.07, 6.45) is 9.86. The van der Waals surface area contributed by atoms with E-state index in [1.807, 2.05) is 12.2 Å². The fourth-order valence-corrected chi connectivity index (χ4v) is 3.43. The Labute approximate surface area is 149 Å². The normalized spacial score (nSPS) is 21.8. The van der Waals surface area contributed by atoms with E-state index in [0.29, 0.717) is 24.3 Å². The van der Waals surface area contributed by atoms with Gasteiger partial charge in [-0.3, -0.25) is 19.3 Å². The van der Waals surface area contributed by atoms with Crippen molar-refractivity contribution in [2.24, 2.45) is 11.8 Å². The highest BCUT2D eigenvalue weighted by atomic mass is 16.2. The number of nitrogens with zero attached hydrogens (tertiary/aromatic N) is 4. The minimum Gasteiger partial charge on any atom is -0.321 e. The van der Waals surface area contributed by atoms with Crippen molar-refractivity contribution >= 4 is 23.4 Å². The maximum Gasteiger partial charge on any atom is 0.244 e. The smallest absolute Gasteiger partial charge is 0.244 e. The molecule has 2 aromatic rings. The first kappa shape index (κ1) is 16.2. The Morgan fingerprint density at radius 3 is 2.50 bits per heavy atom. The number of rotatable bonds is 4. The first-order chi connectivity index (χ1) is 12.6. The topological polar surface area (TPSA) is 97.2 Å². The molecule has 4 rings (SSSR count). The number of pyridine rings is 1. The van der Waals surface area contributed by atoms with Gasteiger partial charge in [-0.15, -0.1) is 0 Å². The van der Waals surface area contributed by atoms with Gasteiger partial charge in [0.25, 0.3) is 0 Å². The zero-order chi connectivity index (χ0) is 18.1. The molecule has 0 unspecified atom stereocenters. The molecule has 26 heavy (non-hydrogen) atoms. The highest BCUT2D eigenvalue weighted by molar-refractivity contribution is 6.09. The van der Waals surface area contributed by atoms with Crippen molar-refractivity contribution in [2.75, 3.05) is 11.9 Å². The summed E-state index contributed by atoms with van der Waals surface area (Å²) in [6.45, 7) is -0.294. The summed E-state index contributed by atoms with van der Waals surface area (Å²) in [5, 5.41) is 6.83. The summed E-state index contributed by atoms with van der Waals surface area (Å²) in [6, 6.07) is 5.13. The number of likely N-dealkylation sites (tertiary alicyclic amines) is 1. The lowest BCUT2D eigenvalue weighted by Crippen LogP contribution is -2.38. The van der Waals surface area contributed by atoms with E-state index in [0.717, 1.165) is 4.90 Å². The minimum absolute atomic E-state index is 0.266. The van der Waals surface area contributed by atoms with E-state index in [4.69, 9.17) is 0 Å². The molecule has 132 valence electrons. The summed E-state index contributed by atoms with van der Waals surface area (Å²) < 4.78 is 1.53. The Balaban J connectivity index is 1.49. The van der Waals surface area contributed by atoms with Crippen LogP contribution < -0.4 is 5.32 Å². The first-order valence-corrected chi connectivity index (χ1v) is 8.40. The quantitative estimate of drug-likeness (QED) is 0.658. The minimum atomic E-state index is -0.445. The molecule has 0 bridgehead atoms. The highest BCUT2D eigenvalue weighted by Gasteiger charge is 2.47. The van der Waals surface area contributed by atoms with Gasteiger partial charge in [0, 0.05) is 18.6 Å². The van der Waals surface area contributed by atoms with Crippen molar-refractivity contribution in [1.29, 1.82) is 0 Å². The van der Waals surface area contributed by atoms with Crippen LogP contribution in [0.5, 0.6) is 0 Å². The Bertz CT molecular complexity index is 864. The molecule has 0 aromatic carbocycles. The van der Waals surface area contributed by atoms with E-state index in [1.54, 1.807) is 36.8 Å². The van der Waals surface area contributed by atoms with E-state index in [2.05, 4.69) is 15.4 Å². The molecule has 1 fully saturated rings. The molecule has 8 nitrogen and oxygen atoms in total. The lowest BCUT2D eigenvalue weighted by molar-refractivity contribution is -0.142. The standard InChI is InChI=1S/C18H17N5O3/c24-15(11-22-17(25)12-5-1-2-6-13(12)18(22)26)21-14-7-3-8-19-16(14)23-10-4-9-20-23/h1-4,7-10,12-13H,5-6,11H2,(H,21,24)/t12-,13-/m1/s1. The third-order valence-corrected chi connectivity index (χ3v) is 4.68. The van der Waals surface area contributed by atoms with Crippen LogP contribution in [0.3, 0.4) is 0 Å². The number of allylic oxidation sites excluding steroid dienone is 2. The van der Waals surface area contributed by atoms with Crippen LogP contribution in [0.25, 0.3) is 5.82 Å². The van der Waals surface area contributed by atoms with Gasteiger partial charge in [-0.1, -0.05) is 12.2 Å². The molecule has 2 aliphatic rings. The fraction of sp³-hybridized carbons (Fsp3) is 0.278.